The average molecular weight is 275 g/mol. The minimum Gasteiger partial charge on any atom is -0.195 e. The molecule has 0 aliphatic rings. The molecule has 0 amide bonds. The molecule has 1 nitrogen and oxygen atoms in total. The molecule has 0 radical (unpaired) electrons. The Morgan fingerprint density at radius 3 is 3.00 bits per heavy atom. The molecule has 56 valence electrons. The van der Waals surface area contributed by atoms with E-state index < -0.39 is 0 Å². The average Bonchev–Trinajstić information content (AvgIpc) is 2.06. The zero-order valence-corrected chi connectivity index (χ0v) is 8.72. The summed E-state index contributed by atoms with van der Waals surface area (Å²) in [6, 6.07) is 7.95. The third-order valence-electron chi connectivity index (χ3n) is 1.24. The highest BCUT2D eigenvalue weighted by Crippen LogP contribution is 2.15. The smallest absolute Gasteiger partial charge is 0.0742 e. The SMILES string of the molecule is S=C=Nc1cccc(CI)c1. The first kappa shape index (κ1) is 8.84. The van der Waals surface area contributed by atoms with Crippen LogP contribution >= 0.6 is 34.8 Å². The molecule has 0 aliphatic carbocycles. The van der Waals surface area contributed by atoms with Gasteiger partial charge in [0.25, 0.3) is 0 Å². The van der Waals surface area contributed by atoms with E-state index in [1.165, 1.54) is 5.56 Å². The van der Waals surface area contributed by atoms with E-state index >= 15 is 0 Å². The first-order valence-electron chi connectivity index (χ1n) is 3.09. The molecule has 0 heterocycles. The van der Waals surface area contributed by atoms with Crippen molar-refractivity contribution in [3.8, 4) is 0 Å². The van der Waals surface area contributed by atoms with E-state index in [0.29, 0.717) is 0 Å². The number of aliphatic imine (C=N–C) groups is 1. The molecule has 0 saturated carbocycles. The van der Waals surface area contributed by atoms with Gasteiger partial charge in [-0.1, -0.05) is 34.7 Å². The van der Waals surface area contributed by atoms with Gasteiger partial charge in [-0.05, 0) is 29.9 Å². The summed E-state index contributed by atoms with van der Waals surface area (Å²) < 4.78 is 0.999. The molecule has 3 heteroatoms. The Morgan fingerprint density at radius 1 is 1.55 bits per heavy atom. The van der Waals surface area contributed by atoms with E-state index in [9.17, 15) is 0 Å². The van der Waals surface area contributed by atoms with Crippen LogP contribution in [0.5, 0.6) is 0 Å². The van der Waals surface area contributed by atoms with Crippen LogP contribution in [0.2, 0.25) is 0 Å². The van der Waals surface area contributed by atoms with Crippen molar-refractivity contribution in [1.29, 1.82) is 0 Å². The van der Waals surface area contributed by atoms with Gasteiger partial charge in [0.15, 0.2) is 0 Å². The van der Waals surface area contributed by atoms with E-state index in [2.05, 4.69) is 51.0 Å². The molecular formula is C8H6INS. The summed E-state index contributed by atoms with van der Waals surface area (Å²) in [5, 5.41) is 2.34. The number of isothiocyanates is 1. The monoisotopic (exact) mass is 275 g/mol. The molecule has 1 aromatic rings. The van der Waals surface area contributed by atoms with Gasteiger partial charge in [0.05, 0.1) is 10.8 Å². The van der Waals surface area contributed by atoms with Gasteiger partial charge in [-0.2, -0.15) is 4.99 Å². The maximum atomic E-state index is 4.49. The maximum Gasteiger partial charge on any atom is 0.0742 e. The summed E-state index contributed by atoms with van der Waals surface area (Å²) in [4.78, 5) is 3.88. The second-order valence-corrected chi connectivity index (χ2v) is 2.95. The normalized spacial score (nSPS) is 8.82. The molecule has 1 rings (SSSR count). The van der Waals surface area contributed by atoms with Crippen molar-refractivity contribution in [2.45, 2.75) is 4.43 Å². The zero-order chi connectivity index (χ0) is 8.10. The summed E-state index contributed by atoms with van der Waals surface area (Å²) in [6.07, 6.45) is 0. The Bertz CT molecular complexity index is 292. The third-order valence-corrected chi connectivity index (χ3v) is 2.21. The minimum absolute atomic E-state index is 0.883. The zero-order valence-electron chi connectivity index (χ0n) is 5.75. The molecule has 11 heavy (non-hydrogen) atoms. The van der Waals surface area contributed by atoms with Gasteiger partial charge in [-0.15, -0.1) is 0 Å². The lowest BCUT2D eigenvalue weighted by molar-refractivity contribution is 1.42. The predicted molar refractivity (Wildman–Crippen MR) is 58.9 cm³/mol. The Hall–Kier alpha value is -0.250. The van der Waals surface area contributed by atoms with Crippen LogP contribution in [0.15, 0.2) is 29.3 Å². The number of alkyl halides is 1. The molecule has 0 saturated heterocycles. The minimum atomic E-state index is 0.883. The third kappa shape index (κ3) is 2.69. The van der Waals surface area contributed by atoms with E-state index in [-0.39, 0.29) is 0 Å². The van der Waals surface area contributed by atoms with Crippen LogP contribution in [0.3, 0.4) is 0 Å². The Balaban J connectivity index is 3.00. The molecular weight excluding hydrogens is 269 g/mol. The van der Waals surface area contributed by atoms with Gasteiger partial charge >= 0.3 is 0 Å². The van der Waals surface area contributed by atoms with Crippen LogP contribution in [0.4, 0.5) is 5.69 Å². The van der Waals surface area contributed by atoms with Gasteiger partial charge in [0.1, 0.15) is 0 Å². The van der Waals surface area contributed by atoms with E-state index in [0.717, 1.165) is 10.1 Å². The van der Waals surface area contributed by atoms with E-state index in [4.69, 9.17) is 0 Å². The molecule has 0 N–H and O–H groups in total. The molecule has 0 spiro atoms. The summed E-state index contributed by atoms with van der Waals surface area (Å²) in [7, 11) is 0. The fourth-order valence-corrected chi connectivity index (χ4v) is 1.34. The maximum absolute atomic E-state index is 4.49. The van der Waals surface area contributed by atoms with Crippen molar-refractivity contribution in [2.75, 3.05) is 0 Å². The fourth-order valence-electron chi connectivity index (χ4n) is 0.762. The molecule has 0 unspecified atom stereocenters. The van der Waals surface area contributed by atoms with E-state index in [1.807, 2.05) is 18.2 Å². The number of benzene rings is 1. The number of hydrogen-bond acceptors (Lipinski definition) is 2. The molecule has 1 aromatic carbocycles. The highest BCUT2D eigenvalue weighted by Gasteiger charge is 1.90. The lowest BCUT2D eigenvalue weighted by atomic mass is 10.2. The van der Waals surface area contributed by atoms with Gasteiger partial charge < -0.3 is 0 Å². The number of nitrogens with zero attached hydrogens (tertiary/aromatic N) is 1. The fraction of sp³-hybridized carbons (Fsp3) is 0.125. The molecule has 0 atom stereocenters. The van der Waals surface area contributed by atoms with Crippen LogP contribution < -0.4 is 0 Å². The largest absolute Gasteiger partial charge is 0.195 e. The second kappa shape index (κ2) is 4.59. The Morgan fingerprint density at radius 2 is 2.36 bits per heavy atom. The highest BCUT2D eigenvalue weighted by molar-refractivity contribution is 14.1. The Kier molecular flexibility index (Phi) is 3.69. The van der Waals surface area contributed by atoms with Crippen LogP contribution in [-0.2, 0) is 4.43 Å². The van der Waals surface area contributed by atoms with Crippen molar-refractivity contribution in [1.82, 2.24) is 0 Å². The topological polar surface area (TPSA) is 12.4 Å². The lowest BCUT2D eigenvalue weighted by Gasteiger charge is -1.94. The molecule has 0 fully saturated rings. The predicted octanol–water partition coefficient (Wildman–Crippen LogP) is 3.36. The number of rotatable bonds is 2. The molecule has 0 aromatic heterocycles. The van der Waals surface area contributed by atoms with Gasteiger partial charge in [-0.3, -0.25) is 0 Å². The number of halogens is 1. The second-order valence-electron chi connectivity index (χ2n) is 2.01. The summed E-state index contributed by atoms with van der Waals surface area (Å²) in [5.74, 6) is 0. The van der Waals surface area contributed by atoms with Crippen molar-refractivity contribution in [2.24, 2.45) is 4.99 Å². The van der Waals surface area contributed by atoms with Crippen molar-refractivity contribution < 1.29 is 0 Å². The van der Waals surface area contributed by atoms with Crippen LogP contribution in [0, 0.1) is 0 Å². The standard InChI is InChI=1S/C8H6INS/c9-5-7-2-1-3-8(4-7)10-6-11/h1-4H,5H2. The number of thiocarbonyl (C=S) groups is 1. The quantitative estimate of drug-likeness (QED) is 0.349. The van der Waals surface area contributed by atoms with Gasteiger partial charge in [-0.25, -0.2) is 0 Å². The van der Waals surface area contributed by atoms with Crippen molar-refractivity contribution in [3.63, 3.8) is 0 Å². The van der Waals surface area contributed by atoms with Crippen molar-refractivity contribution >= 4 is 45.7 Å². The summed E-state index contributed by atoms with van der Waals surface area (Å²) in [5.41, 5.74) is 2.14. The summed E-state index contributed by atoms with van der Waals surface area (Å²) >= 11 is 6.81. The summed E-state index contributed by atoms with van der Waals surface area (Å²) in [6.45, 7) is 0. The van der Waals surface area contributed by atoms with Crippen LogP contribution in [0.25, 0.3) is 0 Å². The first-order valence-corrected chi connectivity index (χ1v) is 5.03. The van der Waals surface area contributed by atoms with Crippen molar-refractivity contribution in [3.05, 3.63) is 29.8 Å². The molecule has 0 aliphatic heterocycles. The highest BCUT2D eigenvalue weighted by atomic mass is 127. The van der Waals surface area contributed by atoms with Crippen LogP contribution in [0.1, 0.15) is 5.56 Å². The lowest BCUT2D eigenvalue weighted by Crippen LogP contribution is -1.73. The Labute approximate surface area is 84.7 Å². The first-order chi connectivity index (χ1) is 5.36. The van der Waals surface area contributed by atoms with E-state index in [1.54, 1.807) is 0 Å². The molecule has 0 bridgehead atoms. The van der Waals surface area contributed by atoms with Gasteiger partial charge in [0.2, 0.25) is 0 Å². The number of hydrogen-bond donors (Lipinski definition) is 0. The van der Waals surface area contributed by atoms with Gasteiger partial charge in [0, 0.05) is 4.43 Å². The van der Waals surface area contributed by atoms with Crippen LogP contribution in [-0.4, -0.2) is 5.16 Å².